The lowest BCUT2D eigenvalue weighted by Gasteiger charge is -2.14. The van der Waals surface area contributed by atoms with Gasteiger partial charge < -0.3 is 0 Å². The first kappa shape index (κ1) is 15.6. The fourth-order valence-corrected chi connectivity index (χ4v) is 5.10. The van der Waals surface area contributed by atoms with Crippen LogP contribution in [0.3, 0.4) is 0 Å². The Bertz CT molecular complexity index is 129. The van der Waals surface area contributed by atoms with E-state index in [0.717, 1.165) is 0 Å². The summed E-state index contributed by atoms with van der Waals surface area (Å²) in [6.45, 7) is 9.70. The van der Waals surface area contributed by atoms with Gasteiger partial charge in [-0.05, 0) is 24.0 Å². The molecular formula is C13H30SSi. The first-order chi connectivity index (χ1) is 7.06. The maximum atomic E-state index is 2.47. The van der Waals surface area contributed by atoms with Gasteiger partial charge in [-0.3, -0.25) is 0 Å². The molecule has 0 amide bonds. The Kier molecular flexibility index (Phi) is 10.1. The molecule has 0 aromatic rings. The van der Waals surface area contributed by atoms with Crippen LogP contribution in [0.25, 0.3) is 0 Å². The molecule has 0 aromatic carbocycles. The molecule has 0 bridgehead atoms. The summed E-state index contributed by atoms with van der Waals surface area (Å²) in [5.74, 6) is 2.81. The molecule has 0 aliphatic rings. The van der Waals surface area contributed by atoms with Gasteiger partial charge in [-0.15, -0.1) is 0 Å². The van der Waals surface area contributed by atoms with Crippen LogP contribution in [0.5, 0.6) is 0 Å². The lowest BCUT2D eigenvalue weighted by Crippen LogP contribution is -2.19. The fourth-order valence-electron chi connectivity index (χ4n) is 1.46. The van der Waals surface area contributed by atoms with E-state index in [1.54, 1.807) is 0 Å². The Labute approximate surface area is 103 Å². The molecule has 0 aliphatic heterocycles. The molecule has 0 nitrogen and oxygen atoms in total. The lowest BCUT2D eigenvalue weighted by atomic mass is 10.1. The van der Waals surface area contributed by atoms with Crippen LogP contribution < -0.4 is 0 Å². The number of rotatable bonds is 10. The lowest BCUT2D eigenvalue weighted by molar-refractivity contribution is 0.627. The van der Waals surface area contributed by atoms with E-state index in [2.05, 4.69) is 38.3 Å². The highest BCUT2D eigenvalue weighted by Gasteiger charge is 2.11. The molecule has 0 aromatic heterocycles. The normalized spacial score (nSPS) is 12.0. The minimum absolute atomic E-state index is 0.764. The van der Waals surface area contributed by atoms with Crippen molar-refractivity contribution in [2.75, 3.05) is 11.5 Å². The van der Waals surface area contributed by atoms with Crippen molar-refractivity contribution in [1.82, 2.24) is 0 Å². The van der Waals surface area contributed by atoms with Crippen molar-refractivity contribution in [3.05, 3.63) is 0 Å². The highest BCUT2D eigenvalue weighted by Crippen LogP contribution is 2.15. The molecule has 0 rings (SSSR count). The highest BCUT2D eigenvalue weighted by atomic mass is 32.2. The minimum Gasteiger partial charge on any atom is -0.162 e. The van der Waals surface area contributed by atoms with Crippen molar-refractivity contribution in [3.8, 4) is 0 Å². The van der Waals surface area contributed by atoms with Gasteiger partial charge in [0, 0.05) is 8.07 Å². The van der Waals surface area contributed by atoms with Gasteiger partial charge in [0.2, 0.25) is 0 Å². The Morgan fingerprint density at radius 3 is 2.00 bits per heavy atom. The van der Waals surface area contributed by atoms with Crippen LogP contribution >= 0.6 is 11.8 Å². The zero-order valence-electron chi connectivity index (χ0n) is 11.3. The van der Waals surface area contributed by atoms with Crippen LogP contribution in [0.1, 0.15) is 45.4 Å². The van der Waals surface area contributed by atoms with Gasteiger partial charge in [0.15, 0.2) is 0 Å². The second-order valence-corrected chi connectivity index (χ2v) is 12.5. The van der Waals surface area contributed by atoms with Crippen LogP contribution in [0.15, 0.2) is 0 Å². The monoisotopic (exact) mass is 246 g/mol. The Morgan fingerprint density at radius 1 is 0.800 bits per heavy atom. The average Bonchev–Trinajstić information content (AvgIpc) is 2.14. The van der Waals surface area contributed by atoms with Crippen molar-refractivity contribution in [2.45, 2.75) is 71.1 Å². The molecular weight excluding hydrogens is 216 g/mol. The summed E-state index contributed by atoms with van der Waals surface area (Å²) in [4.78, 5) is 0. The van der Waals surface area contributed by atoms with Gasteiger partial charge in [-0.2, -0.15) is 11.8 Å². The largest absolute Gasteiger partial charge is 0.162 e. The van der Waals surface area contributed by atoms with Crippen LogP contribution in [-0.2, 0) is 0 Å². The average molecular weight is 247 g/mol. The van der Waals surface area contributed by atoms with E-state index in [-0.39, 0.29) is 0 Å². The minimum atomic E-state index is -0.764. The second kappa shape index (κ2) is 9.77. The summed E-state index contributed by atoms with van der Waals surface area (Å²) in [5, 5.41) is 0. The van der Waals surface area contributed by atoms with Crippen molar-refractivity contribution in [2.24, 2.45) is 0 Å². The standard InChI is InChI=1S/C13H30SSi/c1-5-6-7-8-9-10-11-14-12-13-15(2,3)4/h5-13H2,1-4H3. The van der Waals surface area contributed by atoms with Crippen LogP contribution in [0.4, 0.5) is 0 Å². The van der Waals surface area contributed by atoms with Crippen LogP contribution in [0, 0.1) is 0 Å². The maximum Gasteiger partial charge on any atom is 0.0450 e. The molecule has 0 aliphatic carbocycles. The zero-order chi connectivity index (χ0) is 11.6. The summed E-state index contributed by atoms with van der Waals surface area (Å²) in [5.41, 5.74) is 0. The second-order valence-electron chi connectivity index (χ2n) is 5.69. The van der Waals surface area contributed by atoms with Crippen LogP contribution in [0.2, 0.25) is 25.7 Å². The quantitative estimate of drug-likeness (QED) is 0.366. The van der Waals surface area contributed by atoms with E-state index >= 15 is 0 Å². The SMILES string of the molecule is CCCCCCCCSCC[Si](C)(C)C. The van der Waals surface area contributed by atoms with Gasteiger partial charge in [-0.1, -0.05) is 58.7 Å². The Hall–Kier alpha value is 0.567. The predicted molar refractivity (Wildman–Crippen MR) is 78.9 cm³/mol. The third-order valence-electron chi connectivity index (χ3n) is 2.64. The van der Waals surface area contributed by atoms with Gasteiger partial charge in [0.1, 0.15) is 0 Å². The van der Waals surface area contributed by atoms with Crippen molar-refractivity contribution in [3.63, 3.8) is 0 Å². The van der Waals surface area contributed by atoms with Crippen molar-refractivity contribution >= 4 is 19.8 Å². The summed E-state index contributed by atoms with van der Waals surface area (Å²) in [6.07, 6.45) is 8.62. The highest BCUT2D eigenvalue weighted by molar-refractivity contribution is 7.99. The van der Waals surface area contributed by atoms with E-state index in [1.165, 1.54) is 56.1 Å². The predicted octanol–water partition coefficient (Wildman–Crippen LogP) is 5.42. The van der Waals surface area contributed by atoms with E-state index in [1.807, 2.05) is 0 Å². The summed E-state index contributed by atoms with van der Waals surface area (Å²) >= 11 is 2.18. The first-order valence-corrected chi connectivity index (χ1v) is 11.5. The zero-order valence-corrected chi connectivity index (χ0v) is 13.1. The molecule has 0 saturated carbocycles. The van der Waals surface area contributed by atoms with Crippen LogP contribution in [-0.4, -0.2) is 19.6 Å². The fraction of sp³-hybridized carbons (Fsp3) is 1.00. The Morgan fingerprint density at radius 2 is 1.40 bits per heavy atom. The molecule has 2 heteroatoms. The number of hydrogen-bond donors (Lipinski definition) is 0. The van der Waals surface area contributed by atoms with Gasteiger partial charge in [0.05, 0.1) is 0 Å². The van der Waals surface area contributed by atoms with Crippen molar-refractivity contribution < 1.29 is 0 Å². The smallest absolute Gasteiger partial charge is 0.0450 e. The molecule has 0 radical (unpaired) electrons. The van der Waals surface area contributed by atoms with E-state index in [0.29, 0.717) is 0 Å². The third-order valence-corrected chi connectivity index (χ3v) is 5.82. The van der Waals surface area contributed by atoms with Gasteiger partial charge >= 0.3 is 0 Å². The third kappa shape index (κ3) is 14.6. The molecule has 0 heterocycles. The number of hydrogen-bond acceptors (Lipinski definition) is 1. The van der Waals surface area contributed by atoms with E-state index in [4.69, 9.17) is 0 Å². The maximum absolute atomic E-state index is 2.47. The summed E-state index contributed by atoms with van der Waals surface area (Å²) in [6, 6.07) is 1.49. The molecule has 0 N–H and O–H groups in total. The van der Waals surface area contributed by atoms with E-state index in [9.17, 15) is 0 Å². The van der Waals surface area contributed by atoms with Gasteiger partial charge in [-0.25, -0.2) is 0 Å². The molecule has 0 fully saturated rings. The Balaban J connectivity index is 2.99. The van der Waals surface area contributed by atoms with E-state index < -0.39 is 8.07 Å². The summed E-state index contributed by atoms with van der Waals surface area (Å²) < 4.78 is 0. The molecule has 92 valence electrons. The number of thioether (sulfide) groups is 1. The molecule has 0 spiro atoms. The van der Waals surface area contributed by atoms with Crippen molar-refractivity contribution in [1.29, 1.82) is 0 Å². The summed E-state index contributed by atoms with van der Waals surface area (Å²) in [7, 11) is -0.764. The van der Waals surface area contributed by atoms with Gasteiger partial charge in [0.25, 0.3) is 0 Å². The topological polar surface area (TPSA) is 0 Å². The molecule has 0 atom stereocenters. The molecule has 0 saturated heterocycles. The number of unbranched alkanes of at least 4 members (excludes halogenated alkanes) is 5. The first-order valence-electron chi connectivity index (χ1n) is 6.64. The molecule has 0 unspecified atom stereocenters. The molecule has 15 heavy (non-hydrogen) atoms.